The van der Waals surface area contributed by atoms with Crippen LogP contribution < -0.4 is 20.7 Å². The van der Waals surface area contributed by atoms with Crippen LogP contribution in [0.15, 0.2) is 48.5 Å². The van der Waals surface area contributed by atoms with Crippen LogP contribution in [0.3, 0.4) is 0 Å². The first kappa shape index (κ1) is 22.0. The second kappa shape index (κ2) is 9.76. The molecule has 0 aliphatic carbocycles. The van der Waals surface area contributed by atoms with Gasteiger partial charge in [0.25, 0.3) is 0 Å². The fourth-order valence-electron chi connectivity index (χ4n) is 2.25. The minimum absolute atomic E-state index is 0.0557. The fourth-order valence-corrected chi connectivity index (χ4v) is 2.25. The molecular formula is C19H19F4N3O3. The number of ether oxygens (including phenoxy) is 1. The third-order valence-corrected chi connectivity index (χ3v) is 3.67. The Morgan fingerprint density at radius 1 is 1.03 bits per heavy atom. The molecule has 3 N–H and O–H groups in total. The average Bonchev–Trinajstić information content (AvgIpc) is 2.66. The topological polar surface area (TPSA) is 79.5 Å². The van der Waals surface area contributed by atoms with Crippen LogP contribution in [0.5, 0.6) is 5.75 Å². The van der Waals surface area contributed by atoms with Gasteiger partial charge in [-0.2, -0.15) is 13.2 Å². The number of halogens is 4. The molecule has 0 heterocycles. The van der Waals surface area contributed by atoms with Gasteiger partial charge >= 0.3 is 12.2 Å². The van der Waals surface area contributed by atoms with Crippen molar-refractivity contribution in [3.05, 3.63) is 59.9 Å². The molecule has 10 heteroatoms. The molecule has 0 fully saturated rings. The number of urea groups is 1. The Bertz CT molecular complexity index is 824. The maximum atomic E-state index is 12.8. The Kier molecular flexibility index (Phi) is 7.40. The first-order valence-corrected chi connectivity index (χ1v) is 8.52. The zero-order chi connectivity index (χ0) is 21.4. The lowest BCUT2D eigenvalue weighted by Gasteiger charge is -2.16. The average molecular weight is 413 g/mol. The Morgan fingerprint density at radius 2 is 1.66 bits per heavy atom. The molecule has 0 saturated carbocycles. The van der Waals surface area contributed by atoms with Gasteiger partial charge in [-0.15, -0.1) is 0 Å². The van der Waals surface area contributed by atoms with Crippen molar-refractivity contribution in [1.29, 1.82) is 0 Å². The molecule has 3 amide bonds. The highest BCUT2D eigenvalue weighted by Gasteiger charge is 2.28. The van der Waals surface area contributed by atoms with Gasteiger partial charge in [-0.05, 0) is 48.9 Å². The molecule has 2 aromatic rings. The maximum Gasteiger partial charge on any atom is 0.422 e. The van der Waals surface area contributed by atoms with Gasteiger partial charge in [0.15, 0.2) is 6.61 Å². The Balaban J connectivity index is 1.76. The molecule has 0 aliphatic heterocycles. The van der Waals surface area contributed by atoms with Crippen molar-refractivity contribution in [3.8, 4) is 5.75 Å². The number of carbonyl (C=O) groups excluding carboxylic acids is 2. The molecule has 0 bridgehead atoms. The summed E-state index contributed by atoms with van der Waals surface area (Å²) in [6.45, 7) is -0.0214. The van der Waals surface area contributed by atoms with Crippen molar-refractivity contribution in [2.24, 2.45) is 0 Å². The first-order valence-electron chi connectivity index (χ1n) is 8.52. The highest BCUT2D eigenvalue weighted by atomic mass is 19.4. The van der Waals surface area contributed by atoms with Gasteiger partial charge in [-0.25, -0.2) is 9.18 Å². The van der Waals surface area contributed by atoms with Crippen LogP contribution in [0.4, 0.5) is 28.0 Å². The number of alkyl halides is 3. The molecule has 0 saturated heterocycles. The summed E-state index contributed by atoms with van der Waals surface area (Å²) in [5.41, 5.74) is 1.02. The van der Waals surface area contributed by atoms with Crippen molar-refractivity contribution in [2.75, 3.05) is 18.5 Å². The van der Waals surface area contributed by atoms with Gasteiger partial charge < -0.3 is 20.7 Å². The smallest absolute Gasteiger partial charge is 0.422 e. The molecule has 156 valence electrons. The standard InChI is InChI=1S/C19H19F4N3O3/c1-12(13-2-8-16(9-3-13)29-11-19(21,22)23)25-18(28)24-10-17(27)26-15-6-4-14(20)5-7-15/h2-9,12H,10-11H2,1H3,(H,26,27)(H2,24,25,28). The summed E-state index contributed by atoms with van der Waals surface area (Å²) in [5.74, 6) is -0.875. The van der Waals surface area contributed by atoms with E-state index in [9.17, 15) is 27.2 Å². The lowest BCUT2D eigenvalue weighted by Crippen LogP contribution is -2.41. The third-order valence-electron chi connectivity index (χ3n) is 3.67. The van der Waals surface area contributed by atoms with E-state index in [2.05, 4.69) is 20.7 Å². The molecule has 0 aromatic heterocycles. The number of hydrogen-bond donors (Lipinski definition) is 3. The SMILES string of the molecule is CC(NC(=O)NCC(=O)Nc1ccc(F)cc1)c1ccc(OCC(F)(F)F)cc1. The predicted octanol–water partition coefficient (Wildman–Crippen LogP) is 3.77. The van der Waals surface area contributed by atoms with Gasteiger partial charge in [0, 0.05) is 5.69 Å². The van der Waals surface area contributed by atoms with E-state index < -0.39 is 36.6 Å². The summed E-state index contributed by atoms with van der Waals surface area (Å²) in [4.78, 5) is 23.7. The number of nitrogens with one attached hydrogen (secondary N) is 3. The van der Waals surface area contributed by atoms with Crippen molar-refractivity contribution >= 4 is 17.6 Å². The van der Waals surface area contributed by atoms with Gasteiger partial charge in [0.1, 0.15) is 11.6 Å². The van der Waals surface area contributed by atoms with Gasteiger partial charge in [0.2, 0.25) is 5.91 Å². The number of amides is 3. The van der Waals surface area contributed by atoms with Gasteiger partial charge in [-0.1, -0.05) is 12.1 Å². The molecule has 29 heavy (non-hydrogen) atoms. The summed E-state index contributed by atoms with van der Waals surface area (Å²) < 4.78 is 53.8. The summed E-state index contributed by atoms with van der Waals surface area (Å²) in [6, 6.07) is 9.87. The second-order valence-corrected chi connectivity index (χ2v) is 6.08. The van der Waals surface area contributed by atoms with Crippen LogP contribution in [0.2, 0.25) is 0 Å². The van der Waals surface area contributed by atoms with E-state index in [-0.39, 0.29) is 12.3 Å². The maximum absolute atomic E-state index is 12.8. The van der Waals surface area contributed by atoms with E-state index in [1.807, 2.05) is 0 Å². The molecule has 2 aromatic carbocycles. The number of hydrogen-bond acceptors (Lipinski definition) is 3. The normalized spacial score (nSPS) is 12.0. The molecule has 1 unspecified atom stereocenters. The third kappa shape index (κ3) is 8.08. The highest BCUT2D eigenvalue weighted by molar-refractivity contribution is 5.94. The summed E-state index contributed by atoms with van der Waals surface area (Å²) in [7, 11) is 0. The minimum atomic E-state index is -4.42. The molecule has 1 atom stereocenters. The van der Waals surface area contributed by atoms with Crippen LogP contribution in [-0.2, 0) is 4.79 Å². The largest absolute Gasteiger partial charge is 0.484 e. The summed E-state index contributed by atoms with van der Waals surface area (Å²) in [6.07, 6.45) is -4.42. The summed E-state index contributed by atoms with van der Waals surface area (Å²) >= 11 is 0. The van der Waals surface area contributed by atoms with Crippen molar-refractivity contribution in [1.82, 2.24) is 10.6 Å². The molecule has 2 rings (SSSR count). The molecule has 6 nitrogen and oxygen atoms in total. The predicted molar refractivity (Wildman–Crippen MR) is 98.0 cm³/mol. The zero-order valence-corrected chi connectivity index (χ0v) is 15.3. The second-order valence-electron chi connectivity index (χ2n) is 6.08. The van der Waals surface area contributed by atoms with Crippen LogP contribution in [0, 0.1) is 5.82 Å². The quantitative estimate of drug-likeness (QED) is 0.605. The van der Waals surface area contributed by atoms with E-state index >= 15 is 0 Å². The molecule has 0 aliphatic rings. The Morgan fingerprint density at radius 3 is 2.24 bits per heavy atom. The minimum Gasteiger partial charge on any atom is -0.484 e. The van der Waals surface area contributed by atoms with E-state index in [4.69, 9.17) is 0 Å². The van der Waals surface area contributed by atoms with E-state index in [0.717, 1.165) is 0 Å². The molecule has 0 spiro atoms. The van der Waals surface area contributed by atoms with Gasteiger partial charge in [0.05, 0.1) is 12.6 Å². The fraction of sp³-hybridized carbons (Fsp3) is 0.263. The van der Waals surface area contributed by atoms with Crippen molar-refractivity contribution in [2.45, 2.75) is 19.1 Å². The lowest BCUT2D eigenvalue weighted by molar-refractivity contribution is -0.153. The Labute approximate surface area is 164 Å². The van der Waals surface area contributed by atoms with Crippen LogP contribution in [-0.4, -0.2) is 31.3 Å². The number of carbonyl (C=O) groups is 2. The van der Waals surface area contributed by atoms with Crippen LogP contribution >= 0.6 is 0 Å². The Hall–Kier alpha value is -3.30. The first-order chi connectivity index (χ1) is 13.6. The summed E-state index contributed by atoms with van der Waals surface area (Å²) in [5, 5.41) is 7.47. The zero-order valence-electron chi connectivity index (χ0n) is 15.3. The lowest BCUT2D eigenvalue weighted by atomic mass is 10.1. The molecule has 0 radical (unpaired) electrons. The van der Waals surface area contributed by atoms with Gasteiger partial charge in [-0.3, -0.25) is 4.79 Å². The van der Waals surface area contributed by atoms with Crippen molar-refractivity contribution in [3.63, 3.8) is 0 Å². The van der Waals surface area contributed by atoms with Crippen molar-refractivity contribution < 1.29 is 31.9 Å². The van der Waals surface area contributed by atoms with E-state index in [1.54, 1.807) is 6.92 Å². The van der Waals surface area contributed by atoms with Crippen LogP contribution in [0.25, 0.3) is 0 Å². The van der Waals surface area contributed by atoms with E-state index in [0.29, 0.717) is 11.3 Å². The van der Waals surface area contributed by atoms with Crippen LogP contribution in [0.1, 0.15) is 18.5 Å². The monoisotopic (exact) mass is 413 g/mol. The number of rotatable bonds is 7. The number of benzene rings is 2. The molecular weight excluding hydrogens is 394 g/mol. The van der Waals surface area contributed by atoms with E-state index in [1.165, 1.54) is 48.5 Å². The number of anilines is 1. The highest BCUT2D eigenvalue weighted by Crippen LogP contribution is 2.21.